The monoisotopic (exact) mass is 277 g/mol. The second-order valence-corrected chi connectivity index (χ2v) is 4.87. The molecule has 3 heterocycles. The average molecular weight is 277 g/mol. The number of rotatable bonds is 4. The molecule has 0 radical (unpaired) electrons. The Morgan fingerprint density at radius 3 is 2.68 bits per heavy atom. The Morgan fingerprint density at radius 1 is 1.11 bits per heavy atom. The van der Waals surface area contributed by atoms with E-state index < -0.39 is 0 Å². The third-order valence-electron chi connectivity index (χ3n) is 2.34. The van der Waals surface area contributed by atoms with Gasteiger partial charge in [0.2, 0.25) is 5.89 Å². The highest BCUT2D eigenvalue weighted by Crippen LogP contribution is 2.10. The summed E-state index contributed by atoms with van der Waals surface area (Å²) in [5.74, 6) is 3.26. The molecule has 9 heteroatoms. The van der Waals surface area contributed by atoms with E-state index in [1.807, 2.05) is 13.8 Å². The Balaban J connectivity index is 1.69. The fourth-order valence-corrected chi connectivity index (χ4v) is 2.23. The van der Waals surface area contributed by atoms with Crippen LogP contribution in [-0.2, 0) is 12.8 Å². The lowest BCUT2D eigenvalue weighted by molar-refractivity contribution is 0.378. The Hall–Kier alpha value is -2.16. The molecule has 0 amide bonds. The Morgan fingerprint density at radius 2 is 2.00 bits per heavy atom. The number of aryl methyl sites for hydroxylation is 2. The van der Waals surface area contributed by atoms with E-state index in [9.17, 15) is 0 Å². The van der Waals surface area contributed by atoms with Crippen molar-refractivity contribution in [2.45, 2.75) is 26.7 Å². The van der Waals surface area contributed by atoms with E-state index in [-0.39, 0.29) is 0 Å². The number of nitrogens with one attached hydrogen (secondary N) is 1. The van der Waals surface area contributed by atoms with Gasteiger partial charge < -0.3 is 4.52 Å². The van der Waals surface area contributed by atoms with Crippen molar-refractivity contribution in [2.75, 3.05) is 0 Å². The molecule has 0 aliphatic heterocycles. The Bertz CT molecular complexity index is 629. The molecule has 0 saturated carbocycles. The van der Waals surface area contributed by atoms with Gasteiger partial charge in [-0.2, -0.15) is 14.5 Å². The molecule has 0 bridgehead atoms. The zero-order valence-electron chi connectivity index (χ0n) is 10.4. The maximum absolute atomic E-state index is 5.16. The average Bonchev–Trinajstić information content (AvgIpc) is 3.05. The molecule has 1 N–H and O–H groups in total. The molecule has 0 spiro atoms. The van der Waals surface area contributed by atoms with Crippen LogP contribution in [0.25, 0.3) is 0 Å². The van der Waals surface area contributed by atoms with Crippen LogP contribution >= 0.6 is 11.5 Å². The predicted octanol–water partition coefficient (Wildman–Crippen LogP) is 0.838. The zero-order valence-corrected chi connectivity index (χ0v) is 11.2. The van der Waals surface area contributed by atoms with Gasteiger partial charge in [0, 0.05) is 0 Å². The minimum Gasteiger partial charge on any atom is -0.339 e. The zero-order chi connectivity index (χ0) is 13.2. The number of aromatic amines is 1. The quantitative estimate of drug-likeness (QED) is 0.752. The maximum Gasteiger partial charge on any atom is 0.234 e. The highest BCUT2D eigenvalue weighted by molar-refractivity contribution is 7.05. The molecule has 0 aliphatic carbocycles. The van der Waals surface area contributed by atoms with Gasteiger partial charge in [0.1, 0.15) is 16.7 Å². The van der Waals surface area contributed by atoms with Crippen molar-refractivity contribution in [1.82, 2.24) is 34.7 Å². The van der Waals surface area contributed by atoms with Crippen LogP contribution in [0.1, 0.15) is 34.2 Å². The highest BCUT2D eigenvalue weighted by Gasteiger charge is 2.12. The van der Waals surface area contributed by atoms with E-state index in [1.165, 1.54) is 11.5 Å². The largest absolute Gasteiger partial charge is 0.339 e. The molecule has 0 aromatic carbocycles. The normalized spacial score (nSPS) is 11.1. The summed E-state index contributed by atoms with van der Waals surface area (Å²) in [5, 5.41) is 11.6. The molecule has 19 heavy (non-hydrogen) atoms. The first kappa shape index (κ1) is 11.9. The van der Waals surface area contributed by atoms with Crippen LogP contribution in [0.2, 0.25) is 0 Å². The van der Waals surface area contributed by atoms with Crippen molar-refractivity contribution in [2.24, 2.45) is 0 Å². The minimum absolute atomic E-state index is 0.423. The van der Waals surface area contributed by atoms with E-state index in [1.54, 1.807) is 0 Å². The predicted molar refractivity (Wildman–Crippen MR) is 65.7 cm³/mol. The van der Waals surface area contributed by atoms with Gasteiger partial charge in [-0.3, -0.25) is 5.10 Å². The van der Waals surface area contributed by atoms with Gasteiger partial charge in [0.05, 0.1) is 12.8 Å². The van der Waals surface area contributed by atoms with Crippen LogP contribution in [0.3, 0.4) is 0 Å². The first-order valence-corrected chi connectivity index (χ1v) is 6.45. The van der Waals surface area contributed by atoms with Crippen molar-refractivity contribution in [3.05, 3.63) is 34.2 Å². The van der Waals surface area contributed by atoms with Crippen LogP contribution in [0, 0.1) is 13.8 Å². The standard InChI is InChI=1S/C10H11N7OS/c1-5-11-7(15-14-5)3-9-13-8(16-18-9)4-10-12-6(2)17-19-10/h3-4H2,1-2H3,(H,11,14,15). The van der Waals surface area contributed by atoms with Gasteiger partial charge >= 0.3 is 0 Å². The van der Waals surface area contributed by atoms with Gasteiger partial charge in [0.25, 0.3) is 0 Å². The number of hydrogen-bond donors (Lipinski definition) is 1. The number of nitrogens with zero attached hydrogens (tertiary/aromatic N) is 6. The summed E-state index contributed by atoms with van der Waals surface area (Å²) in [7, 11) is 0. The molecule has 3 rings (SSSR count). The fourth-order valence-electron chi connectivity index (χ4n) is 1.58. The second-order valence-electron chi connectivity index (χ2n) is 4.03. The third kappa shape index (κ3) is 2.81. The molecule has 0 fully saturated rings. The van der Waals surface area contributed by atoms with Gasteiger partial charge in [-0.1, -0.05) is 5.16 Å². The summed E-state index contributed by atoms with van der Waals surface area (Å²) in [5.41, 5.74) is 0. The highest BCUT2D eigenvalue weighted by atomic mass is 32.1. The number of hydrogen-bond acceptors (Lipinski definition) is 8. The molecule has 0 atom stereocenters. The summed E-state index contributed by atoms with van der Waals surface area (Å²) in [6, 6.07) is 0. The Labute approximate surface area is 112 Å². The Kier molecular flexibility index (Phi) is 3.03. The maximum atomic E-state index is 5.16. The molecular weight excluding hydrogens is 266 g/mol. The summed E-state index contributed by atoms with van der Waals surface area (Å²) < 4.78 is 9.27. The van der Waals surface area contributed by atoms with E-state index in [0.717, 1.165) is 16.7 Å². The van der Waals surface area contributed by atoms with Crippen molar-refractivity contribution >= 4 is 11.5 Å². The summed E-state index contributed by atoms with van der Waals surface area (Å²) >= 11 is 1.35. The third-order valence-corrected chi connectivity index (χ3v) is 3.14. The molecule has 0 saturated heterocycles. The van der Waals surface area contributed by atoms with Gasteiger partial charge in [0.15, 0.2) is 11.6 Å². The lowest BCUT2D eigenvalue weighted by atomic mass is 10.4. The minimum atomic E-state index is 0.423. The first-order chi connectivity index (χ1) is 9.19. The lowest BCUT2D eigenvalue weighted by Gasteiger charge is -1.86. The molecule has 98 valence electrons. The molecule has 3 aromatic rings. The topological polar surface area (TPSA) is 106 Å². The molecule has 0 unspecified atom stereocenters. The van der Waals surface area contributed by atoms with Crippen molar-refractivity contribution in [1.29, 1.82) is 0 Å². The van der Waals surface area contributed by atoms with Crippen LogP contribution in [-0.4, -0.2) is 34.7 Å². The van der Waals surface area contributed by atoms with Crippen molar-refractivity contribution in [3.8, 4) is 0 Å². The lowest BCUT2D eigenvalue weighted by Crippen LogP contribution is -1.93. The van der Waals surface area contributed by atoms with E-state index in [2.05, 4.69) is 34.7 Å². The van der Waals surface area contributed by atoms with Gasteiger partial charge in [-0.05, 0) is 25.4 Å². The van der Waals surface area contributed by atoms with Crippen molar-refractivity contribution < 1.29 is 4.52 Å². The summed E-state index contributed by atoms with van der Waals surface area (Å²) in [6.45, 7) is 3.70. The van der Waals surface area contributed by atoms with Crippen LogP contribution in [0.4, 0.5) is 0 Å². The number of H-pyrrole nitrogens is 1. The summed E-state index contributed by atoms with van der Waals surface area (Å²) in [4.78, 5) is 12.7. The molecule has 0 aliphatic rings. The fraction of sp³-hybridized carbons (Fsp3) is 0.400. The summed E-state index contributed by atoms with van der Waals surface area (Å²) in [6.07, 6.45) is 0.953. The van der Waals surface area contributed by atoms with E-state index in [0.29, 0.717) is 30.4 Å². The van der Waals surface area contributed by atoms with Crippen molar-refractivity contribution in [3.63, 3.8) is 0 Å². The molecule has 3 aromatic heterocycles. The van der Waals surface area contributed by atoms with E-state index in [4.69, 9.17) is 4.52 Å². The van der Waals surface area contributed by atoms with Crippen LogP contribution in [0.15, 0.2) is 4.52 Å². The second kappa shape index (κ2) is 4.84. The van der Waals surface area contributed by atoms with Gasteiger partial charge in [-0.25, -0.2) is 9.97 Å². The molecule has 8 nitrogen and oxygen atoms in total. The smallest absolute Gasteiger partial charge is 0.234 e. The van der Waals surface area contributed by atoms with Crippen LogP contribution in [0.5, 0.6) is 0 Å². The first-order valence-electron chi connectivity index (χ1n) is 5.67. The molecular formula is C10H11N7OS. The SMILES string of the molecule is Cc1nsc(Cc2noc(Cc3n[nH]c(C)n3)n2)n1. The van der Waals surface area contributed by atoms with Gasteiger partial charge in [-0.15, -0.1) is 0 Å². The number of aromatic nitrogens is 7. The van der Waals surface area contributed by atoms with E-state index >= 15 is 0 Å². The van der Waals surface area contributed by atoms with Crippen LogP contribution < -0.4 is 0 Å².